The van der Waals surface area contributed by atoms with Crippen LogP contribution in [-0.4, -0.2) is 52.4 Å². The molecular formula is C17H27N3O4S. The van der Waals surface area contributed by atoms with E-state index >= 15 is 0 Å². The van der Waals surface area contributed by atoms with Crippen LogP contribution in [0.5, 0.6) is 5.75 Å². The summed E-state index contributed by atoms with van der Waals surface area (Å²) in [6, 6.07) is 4.69. The van der Waals surface area contributed by atoms with Crippen molar-refractivity contribution in [2.24, 2.45) is 5.92 Å². The molecule has 25 heavy (non-hydrogen) atoms. The van der Waals surface area contributed by atoms with Gasteiger partial charge in [0.05, 0.1) is 6.61 Å². The van der Waals surface area contributed by atoms with Gasteiger partial charge >= 0.3 is 0 Å². The summed E-state index contributed by atoms with van der Waals surface area (Å²) in [7, 11) is -0.736. The Kier molecular flexibility index (Phi) is 6.80. The molecule has 0 aliphatic carbocycles. The number of sulfonamides is 1. The second-order valence-corrected chi connectivity index (χ2v) is 8.45. The van der Waals surface area contributed by atoms with Crippen LogP contribution in [0.3, 0.4) is 0 Å². The molecular weight excluding hydrogens is 342 g/mol. The van der Waals surface area contributed by atoms with E-state index in [1.807, 2.05) is 0 Å². The minimum atomic E-state index is -3.66. The Balaban J connectivity index is 2.11. The molecule has 1 fully saturated rings. The number of hydrogen-bond acceptors (Lipinski definition) is 5. The van der Waals surface area contributed by atoms with E-state index in [9.17, 15) is 13.2 Å². The topological polar surface area (TPSA) is 87.7 Å². The van der Waals surface area contributed by atoms with Crippen molar-refractivity contribution in [3.63, 3.8) is 0 Å². The van der Waals surface area contributed by atoms with Gasteiger partial charge in [0.1, 0.15) is 10.6 Å². The number of carbonyl (C=O) groups excluding carboxylic acids is 1. The van der Waals surface area contributed by atoms with Crippen LogP contribution in [0.1, 0.15) is 26.2 Å². The molecule has 2 N–H and O–H groups in total. The maximum absolute atomic E-state index is 12.5. The van der Waals surface area contributed by atoms with Crippen molar-refractivity contribution in [3.8, 4) is 5.75 Å². The lowest BCUT2D eigenvalue weighted by atomic mass is 10.0. The highest BCUT2D eigenvalue weighted by atomic mass is 32.2. The zero-order chi connectivity index (χ0) is 18.4. The zero-order valence-corrected chi connectivity index (χ0v) is 15.9. The van der Waals surface area contributed by atoms with Gasteiger partial charge in [-0.1, -0.05) is 0 Å². The molecule has 140 valence electrons. The van der Waals surface area contributed by atoms with E-state index in [-0.39, 0.29) is 16.6 Å². The van der Waals surface area contributed by atoms with E-state index < -0.39 is 10.0 Å². The average molecular weight is 369 g/mol. The Hall–Kier alpha value is -1.64. The van der Waals surface area contributed by atoms with Crippen molar-refractivity contribution < 1.29 is 17.9 Å². The Labute approximate surface area is 149 Å². The third kappa shape index (κ3) is 5.17. The van der Waals surface area contributed by atoms with Crippen LogP contribution < -0.4 is 15.4 Å². The van der Waals surface area contributed by atoms with Crippen LogP contribution in [0.25, 0.3) is 0 Å². The second kappa shape index (κ2) is 8.64. The second-order valence-electron chi connectivity index (χ2n) is 6.33. The first-order valence-corrected chi connectivity index (χ1v) is 9.98. The number of nitrogens with zero attached hydrogens (tertiary/aromatic N) is 1. The molecule has 0 aromatic heterocycles. The van der Waals surface area contributed by atoms with Gasteiger partial charge in [-0.2, -0.15) is 0 Å². The Morgan fingerprint density at radius 2 is 2.16 bits per heavy atom. The molecule has 1 saturated heterocycles. The Morgan fingerprint density at radius 1 is 1.40 bits per heavy atom. The molecule has 1 aromatic rings. The minimum Gasteiger partial charge on any atom is -0.492 e. The molecule has 1 atom stereocenters. The number of amides is 1. The molecule has 0 spiro atoms. The van der Waals surface area contributed by atoms with Crippen molar-refractivity contribution in [3.05, 3.63) is 18.2 Å². The van der Waals surface area contributed by atoms with Crippen LogP contribution in [0.15, 0.2) is 23.1 Å². The lowest BCUT2D eigenvalue weighted by Gasteiger charge is -2.17. The van der Waals surface area contributed by atoms with Crippen LogP contribution in [-0.2, 0) is 14.8 Å². The smallest absolute Gasteiger partial charge is 0.246 e. The molecule has 1 unspecified atom stereocenters. The number of carbonyl (C=O) groups is 1. The van der Waals surface area contributed by atoms with Crippen molar-refractivity contribution in [1.82, 2.24) is 9.62 Å². The van der Waals surface area contributed by atoms with Crippen molar-refractivity contribution in [2.75, 3.05) is 39.1 Å². The third-order valence-electron chi connectivity index (χ3n) is 4.23. The lowest BCUT2D eigenvalue weighted by molar-refractivity contribution is -0.116. The number of hydrogen-bond donors (Lipinski definition) is 2. The zero-order valence-electron chi connectivity index (χ0n) is 15.0. The molecule has 8 heteroatoms. The number of rotatable bonds is 8. The van der Waals surface area contributed by atoms with E-state index in [1.54, 1.807) is 19.1 Å². The fraction of sp³-hybridized carbons (Fsp3) is 0.588. The van der Waals surface area contributed by atoms with E-state index in [1.165, 1.54) is 20.2 Å². The fourth-order valence-electron chi connectivity index (χ4n) is 2.78. The van der Waals surface area contributed by atoms with E-state index in [0.29, 0.717) is 24.6 Å². The first kappa shape index (κ1) is 19.7. The summed E-state index contributed by atoms with van der Waals surface area (Å²) >= 11 is 0. The third-order valence-corrected chi connectivity index (χ3v) is 6.06. The predicted octanol–water partition coefficient (Wildman–Crippen LogP) is 1.66. The first-order chi connectivity index (χ1) is 11.8. The van der Waals surface area contributed by atoms with Crippen molar-refractivity contribution >= 4 is 21.6 Å². The molecule has 2 rings (SSSR count). The highest BCUT2D eigenvalue weighted by Gasteiger charge is 2.23. The highest BCUT2D eigenvalue weighted by Crippen LogP contribution is 2.29. The number of anilines is 1. The summed E-state index contributed by atoms with van der Waals surface area (Å²) in [5, 5.41) is 6.07. The maximum atomic E-state index is 12.5. The van der Waals surface area contributed by atoms with Gasteiger partial charge in [0, 0.05) is 26.2 Å². The summed E-state index contributed by atoms with van der Waals surface area (Å²) in [5.41, 5.74) is 0.457. The summed E-state index contributed by atoms with van der Waals surface area (Å²) in [6.45, 7) is 4.12. The molecule has 0 saturated carbocycles. The average Bonchev–Trinajstić information content (AvgIpc) is 3.08. The summed E-state index contributed by atoms with van der Waals surface area (Å²) in [5.74, 6) is 0.714. The van der Waals surface area contributed by atoms with Crippen LogP contribution in [0.4, 0.5) is 5.69 Å². The number of benzene rings is 1. The van der Waals surface area contributed by atoms with Crippen LogP contribution in [0.2, 0.25) is 0 Å². The molecule has 1 aliphatic rings. The molecule has 1 heterocycles. The quantitative estimate of drug-likeness (QED) is 0.728. The minimum absolute atomic E-state index is 0.0529. The monoisotopic (exact) mass is 369 g/mol. The van der Waals surface area contributed by atoms with E-state index in [0.717, 1.165) is 30.2 Å². The molecule has 0 bridgehead atoms. The van der Waals surface area contributed by atoms with Crippen LogP contribution >= 0.6 is 0 Å². The maximum Gasteiger partial charge on any atom is 0.246 e. The van der Waals surface area contributed by atoms with Gasteiger partial charge in [0.15, 0.2) is 0 Å². The molecule has 1 aliphatic heterocycles. The molecule has 0 radical (unpaired) electrons. The van der Waals surface area contributed by atoms with Gasteiger partial charge in [-0.25, -0.2) is 12.7 Å². The predicted molar refractivity (Wildman–Crippen MR) is 97.3 cm³/mol. The van der Waals surface area contributed by atoms with Gasteiger partial charge in [-0.05, 0) is 57.0 Å². The van der Waals surface area contributed by atoms with Gasteiger partial charge in [0.25, 0.3) is 0 Å². The van der Waals surface area contributed by atoms with Crippen molar-refractivity contribution in [2.45, 2.75) is 31.1 Å². The van der Waals surface area contributed by atoms with E-state index in [2.05, 4.69) is 10.6 Å². The highest BCUT2D eigenvalue weighted by molar-refractivity contribution is 7.89. The molecule has 1 amide bonds. The Morgan fingerprint density at radius 3 is 2.76 bits per heavy atom. The number of ether oxygens (including phenoxy) is 1. The van der Waals surface area contributed by atoms with Gasteiger partial charge in [-0.15, -0.1) is 0 Å². The molecule has 1 aromatic carbocycles. The largest absolute Gasteiger partial charge is 0.492 e. The summed E-state index contributed by atoms with van der Waals surface area (Å²) < 4.78 is 31.5. The van der Waals surface area contributed by atoms with Gasteiger partial charge in [-0.3, -0.25) is 4.79 Å². The van der Waals surface area contributed by atoms with Crippen LogP contribution in [0, 0.1) is 5.92 Å². The number of nitrogens with one attached hydrogen (secondary N) is 2. The molecule has 7 nitrogen and oxygen atoms in total. The van der Waals surface area contributed by atoms with Crippen molar-refractivity contribution in [1.29, 1.82) is 0 Å². The van der Waals surface area contributed by atoms with E-state index in [4.69, 9.17) is 4.74 Å². The fourth-order valence-corrected chi connectivity index (χ4v) is 3.83. The van der Waals surface area contributed by atoms with Gasteiger partial charge in [0.2, 0.25) is 15.9 Å². The normalized spacial score (nSPS) is 17.7. The SMILES string of the molecule is CCOc1ccc(NC(=O)CCC2CCNC2)cc1S(=O)(=O)N(C)C. The van der Waals surface area contributed by atoms with Gasteiger partial charge < -0.3 is 15.4 Å². The summed E-state index contributed by atoms with van der Waals surface area (Å²) in [6.07, 6.45) is 2.36. The Bertz CT molecular complexity index is 698. The summed E-state index contributed by atoms with van der Waals surface area (Å²) in [4.78, 5) is 12.2. The standard InChI is InChI=1S/C17H27N3O4S/c1-4-24-15-7-6-14(11-16(15)25(22,23)20(2)3)19-17(21)8-5-13-9-10-18-12-13/h6-7,11,13,18H,4-5,8-10,12H2,1-3H3,(H,19,21). The first-order valence-electron chi connectivity index (χ1n) is 8.54. The lowest BCUT2D eigenvalue weighted by Crippen LogP contribution is -2.23.